The van der Waals surface area contributed by atoms with Crippen molar-refractivity contribution < 1.29 is 28.2 Å². The third kappa shape index (κ3) is 4.32. The highest BCUT2D eigenvalue weighted by Gasteiger charge is 2.67. The lowest BCUT2D eigenvalue weighted by Gasteiger charge is -2.37. The van der Waals surface area contributed by atoms with E-state index >= 15 is 4.39 Å². The van der Waals surface area contributed by atoms with Crippen molar-refractivity contribution in [3.63, 3.8) is 0 Å². The van der Waals surface area contributed by atoms with Gasteiger partial charge < -0.3 is 14.2 Å². The van der Waals surface area contributed by atoms with Crippen LogP contribution in [0.2, 0.25) is 5.15 Å². The van der Waals surface area contributed by atoms with Crippen LogP contribution in [0.1, 0.15) is 40.8 Å². The molecule has 37 heavy (non-hydrogen) atoms. The number of rotatable bonds is 6. The molecule has 4 aromatic rings. The number of benzene rings is 2. The minimum absolute atomic E-state index is 0.0916. The van der Waals surface area contributed by atoms with Crippen LogP contribution in [-0.4, -0.2) is 55.4 Å². The van der Waals surface area contributed by atoms with Gasteiger partial charge in [-0.15, -0.1) is 0 Å². The molecule has 3 heterocycles. The Morgan fingerprint density at radius 2 is 1.62 bits per heavy atom. The Morgan fingerprint density at radius 3 is 2.27 bits per heavy atom. The zero-order valence-electron chi connectivity index (χ0n) is 19.9. The molecule has 9 nitrogen and oxygen atoms in total. The topological polar surface area (TPSA) is 105 Å². The summed E-state index contributed by atoms with van der Waals surface area (Å²) in [7, 11) is 0. The second-order valence-corrected chi connectivity index (χ2v) is 9.23. The number of alkyl halides is 1. The lowest BCUT2D eigenvalue weighted by Crippen LogP contribution is -2.55. The summed E-state index contributed by atoms with van der Waals surface area (Å²) in [6.07, 6.45) is 0.0205. The lowest BCUT2D eigenvalue weighted by atomic mass is 9.84. The van der Waals surface area contributed by atoms with Crippen LogP contribution in [0.25, 0.3) is 11.2 Å². The molecule has 0 spiro atoms. The number of aromatic nitrogens is 4. The largest absolute Gasteiger partial charge is 0.459 e. The Morgan fingerprint density at radius 1 is 1.00 bits per heavy atom. The first kappa shape index (κ1) is 24.8. The molecule has 0 aliphatic carbocycles. The highest BCUT2D eigenvalue weighted by atomic mass is 35.5. The fraction of sp³-hybridized carbons (Fsp3) is 0.269. The van der Waals surface area contributed by atoms with Crippen molar-refractivity contribution >= 4 is 34.7 Å². The third-order valence-electron chi connectivity index (χ3n) is 6.60. The predicted octanol–water partition coefficient (Wildman–Crippen LogP) is 4.58. The van der Waals surface area contributed by atoms with Crippen molar-refractivity contribution in [2.24, 2.45) is 0 Å². The standard InChI is InChI=1S/C26H22ClFN4O5/c1-25(28)24(32-15-31-19-20(27)29-14-30-21(19)32)36-18(13-35-22(33)16-9-5-3-6-10-16)26(25,2)37-23(34)17-11-7-4-8-12-17/h3-12,14-15,18,24H,13H2,1-2H3/t18-,24-,25+,26+/m1/s1. The van der Waals surface area contributed by atoms with Gasteiger partial charge in [0.25, 0.3) is 0 Å². The van der Waals surface area contributed by atoms with Gasteiger partial charge in [0.05, 0.1) is 17.5 Å². The van der Waals surface area contributed by atoms with Gasteiger partial charge in [-0.3, -0.25) is 4.57 Å². The van der Waals surface area contributed by atoms with Crippen LogP contribution < -0.4 is 0 Å². The number of nitrogens with zero attached hydrogens (tertiary/aromatic N) is 4. The van der Waals surface area contributed by atoms with Gasteiger partial charge in [-0.2, -0.15) is 0 Å². The van der Waals surface area contributed by atoms with Gasteiger partial charge in [-0.25, -0.2) is 28.9 Å². The zero-order chi connectivity index (χ0) is 26.2. The normalized spacial score (nSPS) is 25.2. The Kier molecular flexibility index (Phi) is 6.38. The summed E-state index contributed by atoms with van der Waals surface area (Å²) in [5, 5.41) is 0.0916. The monoisotopic (exact) mass is 524 g/mol. The van der Waals surface area contributed by atoms with Crippen molar-refractivity contribution in [2.75, 3.05) is 6.61 Å². The van der Waals surface area contributed by atoms with Gasteiger partial charge in [0.15, 0.2) is 28.3 Å². The number of halogens is 2. The quantitative estimate of drug-likeness (QED) is 0.266. The van der Waals surface area contributed by atoms with Crippen LogP contribution >= 0.6 is 11.6 Å². The molecule has 11 heteroatoms. The molecule has 1 saturated heterocycles. The molecule has 2 aromatic carbocycles. The molecule has 0 unspecified atom stereocenters. The number of carbonyl (C=O) groups excluding carboxylic acids is 2. The Hall–Kier alpha value is -3.89. The second-order valence-electron chi connectivity index (χ2n) is 8.87. The molecule has 4 atom stereocenters. The first-order valence-corrected chi connectivity index (χ1v) is 11.8. The molecule has 0 radical (unpaired) electrons. The molecule has 5 rings (SSSR count). The molecular formula is C26H22ClFN4O5. The van der Waals surface area contributed by atoms with E-state index in [9.17, 15) is 9.59 Å². The van der Waals surface area contributed by atoms with Gasteiger partial charge in [0, 0.05) is 0 Å². The van der Waals surface area contributed by atoms with Gasteiger partial charge in [-0.05, 0) is 38.1 Å². The van der Waals surface area contributed by atoms with Crippen LogP contribution in [0.3, 0.4) is 0 Å². The van der Waals surface area contributed by atoms with E-state index < -0.39 is 35.5 Å². The van der Waals surface area contributed by atoms with Crippen LogP contribution in [0.5, 0.6) is 0 Å². The number of hydrogen-bond acceptors (Lipinski definition) is 8. The van der Waals surface area contributed by atoms with Crippen LogP contribution in [0.4, 0.5) is 4.39 Å². The summed E-state index contributed by atoms with van der Waals surface area (Å²) in [4.78, 5) is 37.9. The van der Waals surface area contributed by atoms with E-state index in [1.165, 1.54) is 31.1 Å². The summed E-state index contributed by atoms with van der Waals surface area (Å²) in [6, 6.07) is 16.5. The summed E-state index contributed by atoms with van der Waals surface area (Å²) in [5.41, 5.74) is -3.18. The van der Waals surface area contributed by atoms with Gasteiger partial charge in [-0.1, -0.05) is 48.0 Å². The Balaban J connectivity index is 1.50. The lowest BCUT2D eigenvalue weighted by molar-refractivity contribution is -0.104. The van der Waals surface area contributed by atoms with E-state index in [0.29, 0.717) is 5.56 Å². The molecule has 1 aliphatic heterocycles. The van der Waals surface area contributed by atoms with E-state index in [2.05, 4.69) is 15.0 Å². The summed E-state index contributed by atoms with van der Waals surface area (Å²) >= 11 is 6.12. The molecule has 0 N–H and O–H groups in total. The van der Waals surface area contributed by atoms with Crippen molar-refractivity contribution in [2.45, 2.75) is 37.4 Å². The van der Waals surface area contributed by atoms with Crippen LogP contribution in [0, 0.1) is 0 Å². The van der Waals surface area contributed by atoms with Gasteiger partial charge >= 0.3 is 11.9 Å². The van der Waals surface area contributed by atoms with Crippen molar-refractivity contribution in [3.8, 4) is 0 Å². The number of carbonyl (C=O) groups is 2. The summed E-state index contributed by atoms with van der Waals surface area (Å²) in [5.74, 6) is -1.38. The average Bonchev–Trinajstić information content (AvgIpc) is 3.41. The smallest absolute Gasteiger partial charge is 0.338 e. The maximum Gasteiger partial charge on any atom is 0.338 e. The van der Waals surface area contributed by atoms with Crippen LogP contribution in [0.15, 0.2) is 73.3 Å². The average molecular weight is 525 g/mol. The molecule has 0 amide bonds. The molecule has 1 fully saturated rings. The number of ether oxygens (including phenoxy) is 3. The molecule has 190 valence electrons. The van der Waals surface area contributed by atoms with Crippen LogP contribution in [-0.2, 0) is 14.2 Å². The number of fused-ring (bicyclic) bond motifs is 1. The van der Waals surface area contributed by atoms with E-state index in [-0.39, 0.29) is 28.5 Å². The second kappa shape index (κ2) is 9.53. The third-order valence-corrected chi connectivity index (χ3v) is 6.87. The highest BCUT2D eigenvalue weighted by Crippen LogP contribution is 2.51. The maximum atomic E-state index is 16.8. The number of hydrogen-bond donors (Lipinski definition) is 0. The fourth-order valence-electron chi connectivity index (χ4n) is 4.29. The van der Waals surface area contributed by atoms with E-state index in [1.54, 1.807) is 60.7 Å². The van der Waals surface area contributed by atoms with Gasteiger partial charge in [0.2, 0.25) is 0 Å². The minimum Gasteiger partial charge on any atom is -0.459 e. The molecule has 0 bridgehead atoms. The summed E-state index contributed by atoms with van der Waals surface area (Å²) < 4.78 is 35.5. The van der Waals surface area contributed by atoms with Gasteiger partial charge in [0.1, 0.15) is 24.6 Å². The number of imidazole rings is 1. The van der Waals surface area contributed by atoms with Crippen molar-refractivity contribution in [1.29, 1.82) is 0 Å². The molecule has 0 saturated carbocycles. The maximum absolute atomic E-state index is 16.8. The first-order chi connectivity index (χ1) is 17.7. The summed E-state index contributed by atoms with van der Waals surface area (Å²) in [6.45, 7) is 2.28. The predicted molar refractivity (Wildman–Crippen MR) is 131 cm³/mol. The Labute approximate surface area is 216 Å². The van der Waals surface area contributed by atoms with E-state index in [0.717, 1.165) is 0 Å². The van der Waals surface area contributed by atoms with Crippen molar-refractivity contribution in [3.05, 3.63) is 89.6 Å². The Bertz CT molecular complexity index is 1450. The van der Waals surface area contributed by atoms with Crippen molar-refractivity contribution in [1.82, 2.24) is 19.5 Å². The molecular weight excluding hydrogens is 503 g/mol. The molecule has 2 aromatic heterocycles. The molecule has 1 aliphatic rings. The van der Waals surface area contributed by atoms with E-state index in [4.69, 9.17) is 25.8 Å². The first-order valence-electron chi connectivity index (χ1n) is 11.4. The number of esters is 2. The van der Waals surface area contributed by atoms with E-state index in [1.807, 2.05) is 0 Å². The highest BCUT2D eigenvalue weighted by molar-refractivity contribution is 6.33. The zero-order valence-corrected chi connectivity index (χ0v) is 20.6. The minimum atomic E-state index is -2.33. The fourth-order valence-corrected chi connectivity index (χ4v) is 4.47. The SMILES string of the molecule is C[C@]1(F)[C@H](n2cnc3c(Cl)ncnc32)O[C@H](COC(=O)c2ccccc2)[C@]1(C)OC(=O)c1ccccc1.